The van der Waals surface area contributed by atoms with E-state index in [1.807, 2.05) is 0 Å². The Morgan fingerprint density at radius 2 is 1.83 bits per heavy atom. The molecule has 0 radical (unpaired) electrons. The molecule has 4 unspecified atom stereocenters. The first kappa shape index (κ1) is 11.3. The van der Waals surface area contributed by atoms with Crippen LogP contribution in [0.1, 0.15) is 51.8 Å². The molecule has 0 aromatic carbocycles. The molecule has 1 aromatic heterocycles. The third-order valence-electron chi connectivity index (χ3n) is 5.57. The highest BCUT2D eigenvalue weighted by Gasteiger charge is 2.66. The van der Waals surface area contributed by atoms with Crippen LogP contribution in [0.15, 0.2) is 6.20 Å². The summed E-state index contributed by atoms with van der Waals surface area (Å²) in [5, 5.41) is 0. The minimum atomic E-state index is 0.184. The summed E-state index contributed by atoms with van der Waals surface area (Å²) in [6, 6.07) is 0.726. The normalized spacial score (nSPS) is 41.2. The summed E-state index contributed by atoms with van der Waals surface area (Å²) in [5.74, 6) is 3.92. The fourth-order valence-corrected chi connectivity index (χ4v) is 5.16. The van der Waals surface area contributed by atoms with E-state index >= 15 is 0 Å². The topological polar surface area (TPSA) is 20.7 Å². The zero-order valence-electron chi connectivity index (χ0n) is 11.4. The molecule has 0 saturated heterocycles. The van der Waals surface area contributed by atoms with Gasteiger partial charge < -0.3 is 9.55 Å². The summed E-state index contributed by atoms with van der Waals surface area (Å²) in [7, 11) is 0. The highest BCUT2D eigenvalue weighted by Crippen LogP contribution is 2.71. The number of imidazole rings is 1. The van der Waals surface area contributed by atoms with Gasteiger partial charge in [0.1, 0.15) is 0 Å². The third-order valence-corrected chi connectivity index (χ3v) is 5.89. The minimum Gasteiger partial charge on any atom is -0.337 e. The molecule has 0 amide bonds. The van der Waals surface area contributed by atoms with E-state index < -0.39 is 0 Å². The number of aromatic nitrogens is 2. The first-order valence-corrected chi connectivity index (χ1v) is 7.69. The van der Waals surface area contributed by atoms with E-state index in [4.69, 9.17) is 12.2 Å². The predicted octanol–water partition coefficient (Wildman–Crippen LogP) is 4.06. The molecule has 4 atom stereocenters. The molecule has 3 fully saturated rings. The molecule has 0 aliphatic heterocycles. The Bertz CT molecular complexity index is 532. The fraction of sp³-hybridized carbons (Fsp3) is 0.800. The van der Waals surface area contributed by atoms with E-state index in [0.29, 0.717) is 0 Å². The van der Waals surface area contributed by atoms with Crippen molar-refractivity contribution in [1.82, 2.24) is 9.55 Å². The van der Waals surface area contributed by atoms with Gasteiger partial charge in [-0.15, -0.1) is 0 Å². The van der Waals surface area contributed by atoms with Crippen molar-refractivity contribution in [1.29, 1.82) is 0 Å². The fourth-order valence-electron chi connectivity index (χ4n) is 4.88. The van der Waals surface area contributed by atoms with Crippen LogP contribution in [0, 0.1) is 28.4 Å². The van der Waals surface area contributed by atoms with Crippen LogP contribution in [0.3, 0.4) is 0 Å². The lowest BCUT2D eigenvalue weighted by molar-refractivity contribution is 0.423. The van der Waals surface area contributed by atoms with E-state index in [1.54, 1.807) is 0 Å². The van der Waals surface area contributed by atoms with Crippen LogP contribution in [0.5, 0.6) is 0 Å². The zero-order valence-corrected chi connectivity index (χ0v) is 12.3. The van der Waals surface area contributed by atoms with E-state index in [2.05, 4.69) is 36.5 Å². The van der Waals surface area contributed by atoms with E-state index in [1.165, 1.54) is 25.0 Å². The summed E-state index contributed by atoms with van der Waals surface area (Å²) in [6.07, 6.45) is 6.60. The van der Waals surface area contributed by atoms with E-state index in [-0.39, 0.29) is 5.41 Å². The van der Waals surface area contributed by atoms with E-state index in [0.717, 1.165) is 34.5 Å². The summed E-state index contributed by atoms with van der Waals surface area (Å²) in [6.45, 7) is 6.86. The second kappa shape index (κ2) is 3.30. The zero-order chi connectivity index (χ0) is 12.7. The lowest BCUT2D eigenvalue weighted by atomic mass is 9.92. The van der Waals surface area contributed by atoms with Crippen LogP contribution in [0.25, 0.3) is 0 Å². The number of fused-ring (bicyclic) bond motifs is 5. The quantitative estimate of drug-likeness (QED) is 0.757. The Balaban J connectivity index is 1.75. The number of H-pyrrole nitrogens is 1. The first-order valence-electron chi connectivity index (χ1n) is 7.29. The van der Waals surface area contributed by atoms with Crippen LogP contribution in [-0.4, -0.2) is 9.55 Å². The van der Waals surface area contributed by atoms with Crippen LogP contribution in [-0.2, 0) is 5.41 Å². The number of nitrogens with zero attached hydrogens (tertiary/aromatic N) is 1. The van der Waals surface area contributed by atoms with Crippen molar-refractivity contribution in [3.63, 3.8) is 0 Å². The SMILES string of the molecule is CC(C)(C)c1c[nH]c(=S)n1C1C2C3CCC(C3)C21. The molecule has 2 bridgehead atoms. The molecule has 0 spiro atoms. The average molecular weight is 262 g/mol. The second-order valence-electron chi connectivity index (χ2n) is 7.58. The van der Waals surface area contributed by atoms with Gasteiger partial charge in [-0.2, -0.15) is 0 Å². The Morgan fingerprint density at radius 1 is 1.22 bits per heavy atom. The molecule has 98 valence electrons. The Labute approximate surface area is 114 Å². The van der Waals surface area contributed by atoms with Gasteiger partial charge in [-0.3, -0.25) is 0 Å². The van der Waals surface area contributed by atoms with Crippen LogP contribution in [0.4, 0.5) is 0 Å². The highest BCUT2D eigenvalue weighted by atomic mass is 32.1. The molecular formula is C15H22N2S. The van der Waals surface area contributed by atoms with Crippen molar-refractivity contribution in [2.24, 2.45) is 23.7 Å². The van der Waals surface area contributed by atoms with E-state index in [9.17, 15) is 0 Å². The molecule has 3 aliphatic rings. The molecule has 3 saturated carbocycles. The second-order valence-corrected chi connectivity index (χ2v) is 7.96. The van der Waals surface area contributed by atoms with Crippen molar-refractivity contribution in [2.75, 3.05) is 0 Å². The summed E-state index contributed by atoms with van der Waals surface area (Å²) in [4.78, 5) is 3.28. The summed E-state index contributed by atoms with van der Waals surface area (Å²) >= 11 is 5.54. The molecule has 1 N–H and O–H groups in total. The molecule has 1 heterocycles. The van der Waals surface area contributed by atoms with Crippen molar-refractivity contribution in [2.45, 2.75) is 51.5 Å². The number of aromatic amines is 1. The lowest BCUT2D eigenvalue weighted by Gasteiger charge is -2.22. The summed E-state index contributed by atoms with van der Waals surface area (Å²) in [5.41, 5.74) is 1.58. The average Bonchev–Trinajstić information content (AvgIpc) is 2.68. The van der Waals surface area contributed by atoms with Crippen molar-refractivity contribution >= 4 is 12.2 Å². The lowest BCUT2D eigenvalue weighted by Crippen LogP contribution is -2.19. The highest BCUT2D eigenvalue weighted by molar-refractivity contribution is 7.71. The monoisotopic (exact) mass is 262 g/mol. The van der Waals surface area contributed by atoms with Gasteiger partial charge in [0.25, 0.3) is 0 Å². The van der Waals surface area contributed by atoms with Crippen molar-refractivity contribution < 1.29 is 0 Å². The minimum absolute atomic E-state index is 0.184. The van der Waals surface area contributed by atoms with Gasteiger partial charge in [-0.05, 0) is 55.2 Å². The molecule has 18 heavy (non-hydrogen) atoms. The third kappa shape index (κ3) is 1.31. The van der Waals surface area contributed by atoms with Gasteiger partial charge in [0, 0.05) is 23.3 Å². The molecular weight excluding hydrogens is 240 g/mol. The van der Waals surface area contributed by atoms with Gasteiger partial charge in [0.2, 0.25) is 0 Å². The Hall–Kier alpha value is -0.570. The molecule has 3 aliphatic carbocycles. The van der Waals surface area contributed by atoms with Gasteiger partial charge in [-0.1, -0.05) is 20.8 Å². The predicted molar refractivity (Wildman–Crippen MR) is 75.2 cm³/mol. The van der Waals surface area contributed by atoms with Gasteiger partial charge in [-0.25, -0.2) is 0 Å². The number of rotatable bonds is 1. The largest absolute Gasteiger partial charge is 0.337 e. The number of hydrogen-bond acceptors (Lipinski definition) is 1. The molecule has 2 nitrogen and oxygen atoms in total. The van der Waals surface area contributed by atoms with Gasteiger partial charge in [0.05, 0.1) is 0 Å². The number of nitrogens with one attached hydrogen (secondary N) is 1. The first-order chi connectivity index (χ1) is 8.48. The number of hydrogen-bond donors (Lipinski definition) is 1. The van der Waals surface area contributed by atoms with Gasteiger partial charge >= 0.3 is 0 Å². The Morgan fingerprint density at radius 3 is 2.39 bits per heavy atom. The molecule has 1 aromatic rings. The summed E-state index contributed by atoms with van der Waals surface area (Å²) < 4.78 is 3.41. The maximum atomic E-state index is 5.54. The van der Waals surface area contributed by atoms with Crippen LogP contribution in [0.2, 0.25) is 0 Å². The van der Waals surface area contributed by atoms with Crippen LogP contribution >= 0.6 is 12.2 Å². The van der Waals surface area contributed by atoms with Crippen molar-refractivity contribution in [3.8, 4) is 0 Å². The van der Waals surface area contributed by atoms with Crippen molar-refractivity contribution in [3.05, 3.63) is 16.7 Å². The maximum absolute atomic E-state index is 5.54. The maximum Gasteiger partial charge on any atom is 0.177 e. The smallest absolute Gasteiger partial charge is 0.177 e. The van der Waals surface area contributed by atoms with Gasteiger partial charge in [0.15, 0.2) is 4.77 Å². The molecule has 3 heteroatoms. The standard InChI is InChI=1S/C15H22N2S/c1-15(2,3)10-7-16-14(18)17(10)13-11-8-4-5-9(6-8)12(11)13/h7-9,11-13H,4-6H2,1-3H3,(H,16,18). The molecule has 4 rings (SSSR count). The van der Waals surface area contributed by atoms with Crippen LogP contribution < -0.4 is 0 Å². The Kier molecular flexibility index (Phi) is 2.07.